The van der Waals surface area contributed by atoms with Crippen molar-refractivity contribution in [2.45, 2.75) is 0 Å². The smallest absolute Gasteiger partial charge is 0.0912 e. The lowest BCUT2D eigenvalue weighted by atomic mass is 10.2. The molecule has 0 saturated heterocycles. The Morgan fingerprint density at radius 2 is 2.40 bits per heavy atom. The van der Waals surface area contributed by atoms with Gasteiger partial charge in [0, 0.05) is 6.08 Å². The molecule has 10 heavy (non-hydrogen) atoms. The van der Waals surface area contributed by atoms with E-state index in [2.05, 4.69) is 6.07 Å². The van der Waals surface area contributed by atoms with E-state index >= 15 is 0 Å². The molecule has 0 heterocycles. The van der Waals surface area contributed by atoms with Gasteiger partial charge in [-0.1, -0.05) is 24.3 Å². The highest BCUT2D eigenvalue weighted by atomic mass is 14.2. The third-order valence-corrected chi connectivity index (χ3v) is 1.07. The van der Waals surface area contributed by atoms with E-state index in [1.807, 2.05) is 30.3 Å². The Balaban J connectivity index is 2.79. The van der Waals surface area contributed by atoms with Crippen molar-refractivity contribution in [1.82, 2.24) is 0 Å². The Bertz CT molecular complexity index is 254. The van der Waals surface area contributed by atoms with Gasteiger partial charge in [0.05, 0.1) is 6.07 Å². The molecule has 0 aliphatic rings. The van der Waals surface area contributed by atoms with Crippen LogP contribution in [0.25, 0.3) is 6.08 Å². The number of hydrogen-bond acceptors (Lipinski definition) is 1. The quantitative estimate of drug-likeness (QED) is 0.531. The molecule has 1 radical (unpaired) electrons. The van der Waals surface area contributed by atoms with Crippen molar-refractivity contribution in [3.05, 3.63) is 42.0 Å². The van der Waals surface area contributed by atoms with Gasteiger partial charge in [-0.3, -0.25) is 0 Å². The van der Waals surface area contributed by atoms with Gasteiger partial charge in [-0.15, -0.1) is 0 Å². The van der Waals surface area contributed by atoms with E-state index < -0.39 is 0 Å². The van der Waals surface area contributed by atoms with Crippen LogP contribution in [0.4, 0.5) is 0 Å². The van der Waals surface area contributed by atoms with Gasteiger partial charge in [0.2, 0.25) is 0 Å². The average molecular weight is 128 g/mol. The molecule has 0 amide bonds. The van der Waals surface area contributed by atoms with E-state index in [0.717, 1.165) is 5.56 Å². The number of allylic oxidation sites excluding steroid dienone is 1. The van der Waals surface area contributed by atoms with E-state index in [0.29, 0.717) is 0 Å². The van der Waals surface area contributed by atoms with Crippen molar-refractivity contribution in [2.24, 2.45) is 0 Å². The van der Waals surface area contributed by atoms with Gasteiger partial charge >= 0.3 is 0 Å². The summed E-state index contributed by atoms with van der Waals surface area (Å²) in [7, 11) is 0. The van der Waals surface area contributed by atoms with Crippen molar-refractivity contribution >= 4 is 6.08 Å². The highest BCUT2D eigenvalue weighted by Crippen LogP contribution is 1.98. The summed E-state index contributed by atoms with van der Waals surface area (Å²) in [6, 6.07) is 12.4. The summed E-state index contributed by atoms with van der Waals surface area (Å²) in [6.45, 7) is 0. The Morgan fingerprint density at radius 3 is 3.00 bits per heavy atom. The summed E-state index contributed by atoms with van der Waals surface area (Å²) >= 11 is 0. The fourth-order valence-electron chi connectivity index (χ4n) is 0.638. The van der Waals surface area contributed by atoms with Crippen LogP contribution < -0.4 is 0 Å². The summed E-state index contributed by atoms with van der Waals surface area (Å²) in [5.74, 6) is 0. The maximum Gasteiger partial charge on any atom is 0.0912 e. The summed E-state index contributed by atoms with van der Waals surface area (Å²) in [5.41, 5.74) is 0.934. The average Bonchev–Trinajstić information content (AvgIpc) is 2.03. The second kappa shape index (κ2) is 3.47. The predicted molar refractivity (Wildman–Crippen MR) is 39.9 cm³/mol. The van der Waals surface area contributed by atoms with Gasteiger partial charge in [-0.05, 0) is 17.7 Å². The van der Waals surface area contributed by atoms with Crippen molar-refractivity contribution < 1.29 is 0 Å². The van der Waals surface area contributed by atoms with E-state index in [4.69, 9.17) is 5.26 Å². The minimum atomic E-state index is 0.934. The molecular formula is C9H6N. The Labute approximate surface area is 60.2 Å². The standard InChI is InChI=1S/C9H6N/c10-8-4-7-9-5-2-1-3-6-9/h1-5,7H/b7-4+. The zero-order valence-electron chi connectivity index (χ0n) is 5.41. The number of benzene rings is 1. The van der Waals surface area contributed by atoms with Crippen molar-refractivity contribution in [3.63, 3.8) is 0 Å². The monoisotopic (exact) mass is 128 g/mol. The lowest BCUT2D eigenvalue weighted by molar-refractivity contribution is 1.53. The molecule has 0 unspecified atom stereocenters. The van der Waals surface area contributed by atoms with Gasteiger partial charge in [-0.25, -0.2) is 0 Å². The lowest BCUT2D eigenvalue weighted by Gasteiger charge is -1.85. The van der Waals surface area contributed by atoms with Crippen LogP contribution in [0.15, 0.2) is 30.3 Å². The van der Waals surface area contributed by atoms with E-state index in [1.54, 1.807) is 6.08 Å². The molecular weight excluding hydrogens is 122 g/mol. The second-order valence-corrected chi connectivity index (χ2v) is 1.78. The third-order valence-electron chi connectivity index (χ3n) is 1.07. The largest absolute Gasteiger partial charge is 0.193 e. The van der Waals surface area contributed by atoms with Gasteiger partial charge in [-0.2, -0.15) is 5.26 Å². The molecule has 1 aromatic carbocycles. The molecule has 0 spiro atoms. The first-order valence-electron chi connectivity index (χ1n) is 2.96. The predicted octanol–water partition coefficient (Wildman–Crippen LogP) is 2.02. The van der Waals surface area contributed by atoms with Crippen molar-refractivity contribution in [3.8, 4) is 6.07 Å². The SMILES string of the molecule is N#C/C=C/c1[c]cccc1. The maximum absolute atomic E-state index is 8.18. The summed E-state index contributed by atoms with van der Waals surface area (Å²) in [4.78, 5) is 0. The molecule has 0 aliphatic carbocycles. The van der Waals surface area contributed by atoms with E-state index in [-0.39, 0.29) is 0 Å². The number of nitrogens with zero attached hydrogens (tertiary/aromatic N) is 1. The molecule has 0 fully saturated rings. The fraction of sp³-hybridized carbons (Fsp3) is 0. The van der Waals surface area contributed by atoms with Crippen LogP contribution >= 0.6 is 0 Å². The first-order chi connectivity index (χ1) is 4.93. The summed E-state index contributed by atoms with van der Waals surface area (Å²) in [6.07, 6.45) is 3.16. The van der Waals surface area contributed by atoms with Gasteiger partial charge in [0.15, 0.2) is 0 Å². The number of rotatable bonds is 1. The topological polar surface area (TPSA) is 23.8 Å². The zero-order chi connectivity index (χ0) is 7.23. The number of nitriles is 1. The second-order valence-electron chi connectivity index (χ2n) is 1.78. The van der Waals surface area contributed by atoms with Crippen LogP contribution in [0.3, 0.4) is 0 Å². The minimum Gasteiger partial charge on any atom is -0.193 e. The third kappa shape index (κ3) is 1.75. The fourth-order valence-corrected chi connectivity index (χ4v) is 0.638. The van der Waals surface area contributed by atoms with Crippen molar-refractivity contribution in [2.75, 3.05) is 0 Å². The lowest BCUT2D eigenvalue weighted by Crippen LogP contribution is -1.67. The number of hydrogen-bond donors (Lipinski definition) is 0. The molecule has 47 valence electrons. The molecule has 0 aliphatic heterocycles. The Kier molecular flexibility index (Phi) is 2.28. The molecule has 0 saturated carbocycles. The molecule has 1 rings (SSSR count). The van der Waals surface area contributed by atoms with E-state index in [1.165, 1.54) is 6.08 Å². The highest BCUT2D eigenvalue weighted by Gasteiger charge is 1.79. The normalized spacial score (nSPS) is 9.50. The molecule has 1 nitrogen and oxygen atoms in total. The Hall–Kier alpha value is -1.55. The maximum atomic E-state index is 8.18. The summed E-state index contributed by atoms with van der Waals surface area (Å²) < 4.78 is 0. The molecule has 1 heteroatoms. The van der Waals surface area contributed by atoms with Gasteiger partial charge < -0.3 is 0 Å². The van der Waals surface area contributed by atoms with Crippen LogP contribution in [0.5, 0.6) is 0 Å². The first kappa shape index (κ1) is 6.57. The molecule has 0 atom stereocenters. The molecule has 0 bridgehead atoms. The van der Waals surface area contributed by atoms with Crippen molar-refractivity contribution in [1.29, 1.82) is 5.26 Å². The van der Waals surface area contributed by atoms with Gasteiger partial charge in [0.1, 0.15) is 0 Å². The zero-order valence-corrected chi connectivity index (χ0v) is 5.41. The molecule has 0 N–H and O–H groups in total. The van der Waals surface area contributed by atoms with Crippen LogP contribution in [-0.2, 0) is 0 Å². The van der Waals surface area contributed by atoms with Gasteiger partial charge in [0.25, 0.3) is 0 Å². The van der Waals surface area contributed by atoms with Crippen LogP contribution in [0.2, 0.25) is 0 Å². The van der Waals surface area contributed by atoms with Crippen LogP contribution in [0.1, 0.15) is 5.56 Å². The molecule has 0 aromatic heterocycles. The summed E-state index contributed by atoms with van der Waals surface area (Å²) in [5, 5.41) is 8.18. The van der Waals surface area contributed by atoms with Crippen LogP contribution in [0, 0.1) is 17.4 Å². The van der Waals surface area contributed by atoms with Crippen LogP contribution in [-0.4, -0.2) is 0 Å². The minimum absolute atomic E-state index is 0.934. The Morgan fingerprint density at radius 1 is 1.50 bits per heavy atom. The first-order valence-corrected chi connectivity index (χ1v) is 2.96. The van der Waals surface area contributed by atoms with E-state index in [9.17, 15) is 0 Å². The molecule has 1 aromatic rings. The highest BCUT2D eigenvalue weighted by molar-refractivity contribution is 5.50.